The van der Waals surface area contributed by atoms with Gasteiger partial charge in [0.05, 0.1) is 11.7 Å². The van der Waals surface area contributed by atoms with Crippen LogP contribution in [0.1, 0.15) is 34.5 Å². The quantitative estimate of drug-likeness (QED) is 0.749. The van der Waals surface area contributed by atoms with Gasteiger partial charge in [-0.1, -0.05) is 35.9 Å². The number of rotatable bonds is 1. The first-order valence-corrected chi connectivity index (χ1v) is 7.31. The van der Waals surface area contributed by atoms with Gasteiger partial charge >= 0.3 is 0 Å². The lowest BCUT2D eigenvalue weighted by molar-refractivity contribution is 0.0973. The van der Waals surface area contributed by atoms with E-state index < -0.39 is 0 Å². The van der Waals surface area contributed by atoms with Crippen LogP contribution in [0.15, 0.2) is 48.5 Å². The molecule has 2 aliphatic rings. The van der Waals surface area contributed by atoms with E-state index in [1.807, 2.05) is 54.3 Å². The number of ether oxygens (including phenoxy) is 1. The molecule has 1 fully saturated rings. The molecule has 0 aromatic heterocycles. The fourth-order valence-electron chi connectivity index (χ4n) is 3.18. The highest BCUT2D eigenvalue weighted by Crippen LogP contribution is 2.51. The lowest BCUT2D eigenvalue weighted by Gasteiger charge is -2.33. The highest BCUT2D eigenvalue weighted by molar-refractivity contribution is 6.07. The summed E-state index contributed by atoms with van der Waals surface area (Å²) in [6.45, 7) is 4.09. The van der Waals surface area contributed by atoms with Gasteiger partial charge in [0.25, 0.3) is 5.91 Å². The molecular formula is C18H17NO2. The molecule has 3 atom stereocenters. The summed E-state index contributed by atoms with van der Waals surface area (Å²) >= 11 is 0. The van der Waals surface area contributed by atoms with Crippen LogP contribution in [-0.4, -0.2) is 18.1 Å². The lowest BCUT2D eigenvalue weighted by Crippen LogP contribution is -2.44. The largest absolute Gasteiger partial charge is 0.362 e. The summed E-state index contributed by atoms with van der Waals surface area (Å²) in [5, 5.41) is 0. The molecule has 0 radical (unpaired) electrons. The van der Waals surface area contributed by atoms with Crippen molar-refractivity contribution in [1.29, 1.82) is 0 Å². The number of anilines is 1. The Bertz CT molecular complexity index is 707. The van der Waals surface area contributed by atoms with Crippen molar-refractivity contribution in [2.24, 2.45) is 0 Å². The van der Waals surface area contributed by atoms with Gasteiger partial charge in [-0.25, -0.2) is 0 Å². The van der Waals surface area contributed by atoms with Crippen molar-refractivity contribution in [3.05, 3.63) is 65.2 Å². The molecule has 2 aromatic carbocycles. The van der Waals surface area contributed by atoms with Gasteiger partial charge in [-0.3, -0.25) is 4.79 Å². The predicted molar refractivity (Wildman–Crippen MR) is 81.5 cm³/mol. The van der Waals surface area contributed by atoms with Crippen LogP contribution in [0.3, 0.4) is 0 Å². The average Bonchev–Trinajstić information content (AvgIpc) is 3.29. The minimum Gasteiger partial charge on any atom is -0.362 e. The van der Waals surface area contributed by atoms with E-state index in [2.05, 4.69) is 13.0 Å². The molecule has 3 nitrogen and oxygen atoms in total. The Labute approximate surface area is 124 Å². The van der Waals surface area contributed by atoms with Crippen LogP contribution >= 0.6 is 0 Å². The summed E-state index contributed by atoms with van der Waals surface area (Å²) in [7, 11) is 0. The Kier molecular flexibility index (Phi) is 2.66. The van der Waals surface area contributed by atoms with Gasteiger partial charge in [0.2, 0.25) is 0 Å². The van der Waals surface area contributed by atoms with Gasteiger partial charge in [0.15, 0.2) is 0 Å². The van der Waals surface area contributed by atoms with E-state index in [0.29, 0.717) is 0 Å². The van der Waals surface area contributed by atoms with E-state index >= 15 is 0 Å². The smallest absolute Gasteiger partial charge is 0.258 e. The number of carbonyl (C=O) groups is 1. The van der Waals surface area contributed by atoms with E-state index in [0.717, 1.165) is 22.4 Å². The third kappa shape index (κ3) is 1.88. The van der Waals surface area contributed by atoms with Gasteiger partial charge in [-0.05, 0) is 32.0 Å². The number of fused-ring (bicyclic) bond motifs is 3. The van der Waals surface area contributed by atoms with Crippen LogP contribution in [0, 0.1) is 6.92 Å². The van der Waals surface area contributed by atoms with Crippen molar-refractivity contribution in [3.8, 4) is 0 Å². The van der Waals surface area contributed by atoms with Crippen molar-refractivity contribution in [2.75, 3.05) is 4.90 Å². The zero-order chi connectivity index (χ0) is 14.6. The first kappa shape index (κ1) is 12.6. The fraction of sp³-hybridized carbons (Fsp3) is 0.278. The highest BCUT2D eigenvalue weighted by Gasteiger charge is 2.52. The molecule has 0 aliphatic carbocycles. The molecule has 0 bridgehead atoms. The number of carbonyl (C=O) groups excluding carboxylic acids is 1. The summed E-state index contributed by atoms with van der Waals surface area (Å²) in [6, 6.07) is 15.9. The van der Waals surface area contributed by atoms with Crippen molar-refractivity contribution < 1.29 is 9.53 Å². The van der Waals surface area contributed by atoms with Crippen LogP contribution < -0.4 is 4.90 Å². The summed E-state index contributed by atoms with van der Waals surface area (Å²) < 4.78 is 5.76. The van der Waals surface area contributed by atoms with Crippen molar-refractivity contribution >= 4 is 11.6 Å². The number of hydrogen-bond acceptors (Lipinski definition) is 2. The molecule has 4 rings (SSSR count). The zero-order valence-corrected chi connectivity index (χ0v) is 12.1. The molecule has 21 heavy (non-hydrogen) atoms. The van der Waals surface area contributed by atoms with Crippen LogP contribution in [0.25, 0.3) is 0 Å². The number of aryl methyl sites for hydroxylation is 1. The van der Waals surface area contributed by atoms with Crippen molar-refractivity contribution in [3.63, 3.8) is 0 Å². The second-order valence-electron chi connectivity index (χ2n) is 5.86. The molecule has 1 saturated heterocycles. The average molecular weight is 279 g/mol. The summed E-state index contributed by atoms with van der Waals surface area (Å²) in [4.78, 5) is 14.8. The SMILES string of the molecule is Cc1ccc(C(=O)N2c3ccccc3[C@H]3O[C@H]3[C@@H]2C)cc1. The molecule has 1 amide bonds. The summed E-state index contributed by atoms with van der Waals surface area (Å²) in [5.74, 6) is 0.0453. The maximum absolute atomic E-state index is 12.9. The molecule has 2 heterocycles. The minimum atomic E-state index is 0.0453. The molecule has 0 unspecified atom stereocenters. The topological polar surface area (TPSA) is 32.8 Å². The Balaban J connectivity index is 1.77. The third-order valence-corrected chi connectivity index (χ3v) is 4.43. The minimum absolute atomic E-state index is 0.0453. The standard InChI is InChI=1S/C18H17NO2/c1-11-7-9-13(10-8-11)18(20)19-12(2)16-17(21-16)14-5-3-4-6-15(14)19/h3-10,12,16-17H,1-2H3/t12-,16-,17+/m0/s1. The molecule has 106 valence electrons. The Morgan fingerprint density at radius 1 is 1.10 bits per heavy atom. The maximum atomic E-state index is 12.9. The molecule has 2 aromatic rings. The maximum Gasteiger partial charge on any atom is 0.258 e. The summed E-state index contributed by atoms with van der Waals surface area (Å²) in [6.07, 6.45) is 0.299. The van der Waals surface area contributed by atoms with Crippen LogP contribution in [0.2, 0.25) is 0 Å². The molecular weight excluding hydrogens is 262 g/mol. The Hall–Kier alpha value is -2.13. The second kappa shape index (κ2) is 4.43. The van der Waals surface area contributed by atoms with Crippen LogP contribution in [0.5, 0.6) is 0 Å². The van der Waals surface area contributed by atoms with Gasteiger partial charge in [-0.15, -0.1) is 0 Å². The molecule has 2 aliphatic heterocycles. The Morgan fingerprint density at radius 2 is 1.81 bits per heavy atom. The number of hydrogen-bond donors (Lipinski definition) is 0. The number of para-hydroxylation sites is 1. The van der Waals surface area contributed by atoms with Gasteiger partial charge in [0.1, 0.15) is 12.2 Å². The highest BCUT2D eigenvalue weighted by atomic mass is 16.6. The summed E-state index contributed by atoms with van der Waals surface area (Å²) in [5.41, 5.74) is 3.99. The van der Waals surface area contributed by atoms with Crippen LogP contribution in [-0.2, 0) is 4.74 Å². The van der Waals surface area contributed by atoms with E-state index in [-0.39, 0.29) is 24.2 Å². The van der Waals surface area contributed by atoms with Crippen molar-refractivity contribution in [2.45, 2.75) is 32.1 Å². The van der Waals surface area contributed by atoms with Crippen LogP contribution in [0.4, 0.5) is 5.69 Å². The molecule has 3 heteroatoms. The number of nitrogens with zero attached hydrogens (tertiary/aromatic N) is 1. The number of benzene rings is 2. The predicted octanol–water partition coefficient (Wildman–Crippen LogP) is 3.48. The van der Waals surface area contributed by atoms with Gasteiger partial charge in [0, 0.05) is 11.1 Å². The van der Waals surface area contributed by atoms with E-state index in [9.17, 15) is 4.79 Å². The van der Waals surface area contributed by atoms with Crippen molar-refractivity contribution in [1.82, 2.24) is 0 Å². The second-order valence-corrected chi connectivity index (χ2v) is 5.86. The third-order valence-electron chi connectivity index (χ3n) is 4.43. The zero-order valence-electron chi connectivity index (χ0n) is 12.1. The first-order valence-electron chi connectivity index (χ1n) is 7.31. The first-order chi connectivity index (χ1) is 10.2. The van der Waals surface area contributed by atoms with E-state index in [1.54, 1.807) is 0 Å². The van der Waals surface area contributed by atoms with Gasteiger partial charge in [-0.2, -0.15) is 0 Å². The fourth-order valence-corrected chi connectivity index (χ4v) is 3.18. The molecule has 0 saturated carbocycles. The Morgan fingerprint density at radius 3 is 2.57 bits per heavy atom. The normalized spacial score (nSPS) is 26.0. The van der Waals surface area contributed by atoms with E-state index in [4.69, 9.17) is 4.74 Å². The number of epoxide rings is 1. The van der Waals surface area contributed by atoms with E-state index in [1.165, 1.54) is 0 Å². The van der Waals surface area contributed by atoms with Gasteiger partial charge < -0.3 is 9.64 Å². The number of amides is 1. The molecule has 0 N–H and O–H groups in total. The lowest BCUT2D eigenvalue weighted by atomic mass is 9.95. The molecule has 0 spiro atoms. The monoisotopic (exact) mass is 279 g/mol.